The van der Waals surface area contributed by atoms with E-state index in [4.69, 9.17) is 15.5 Å². The van der Waals surface area contributed by atoms with Crippen molar-refractivity contribution in [2.24, 2.45) is 5.73 Å². The van der Waals surface area contributed by atoms with Gasteiger partial charge >= 0.3 is 0 Å². The molecule has 2 saturated heterocycles. The summed E-state index contributed by atoms with van der Waals surface area (Å²) < 4.78 is 23.3. The van der Waals surface area contributed by atoms with Crippen molar-refractivity contribution in [1.29, 1.82) is 0 Å². The van der Waals surface area contributed by atoms with E-state index in [2.05, 4.69) is 53.1 Å². The number of benzene rings is 3. The number of aryl methyl sites for hydroxylation is 2. The Bertz CT molecular complexity index is 2210. The molecule has 2 fully saturated rings. The Morgan fingerprint density at radius 2 is 1.70 bits per heavy atom. The topological polar surface area (TPSA) is 122 Å². The van der Waals surface area contributed by atoms with Crippen LogP contribution in [0.2, 0.25) is 0 Å². The van der Waals surface area contributed by atoms with Crippen molar-refractivity contribution in [3.8, 4) is 11.1 Å². The summed E-state index contributed by atoms with van der Waals surface area (Å²) >= 11 is 0. The summed E-state index contributed by atoms with van der Waals surface area (Å²) in [5.41, 5.74) is 12.9. The first-order valence-electron chi connectivity index (χ1n) is 20.4. The van der Waals surface area contributed by atoms with Gasteiger partial charge in [-0.3, -0.25) is 19.4 Å². The number of halogens is 1. The van der Waals surface area contributed by atoms with Gasteiger partial charge in [-0.25, -0.2) is 14.1 Å². The smallest absolute Gasteiger partial charge is 0.254 e. The second kappa shape index (κ2) is 18.0. The average molecular weight is 775 g/mol. The van der Waals surface area contributed by atoms with Crippen LogP contribution < -0.4 is 11.1 Å². The van der Waals surface area contributed by atoms with E-state index >= 15 is 4.39 Å². The quantitative estimate of drug-likeness (QED) is 0.125. The van der Waals surface area contributed by atoms with E-state index in [1.165, 1.54) is 12.1 Å². The van der Waals surface area contributed by atoms with Crippen LogP contribution in [-0.2, 0) is 37.3 Å². The minimum absolute atomic E-state index is 0.175. The van der Waals surface area contributed by atoms with Crippen molar-refractivity contribution in [3.63, 3.8) is 0 Å². The molecule has 0 unspecified atom stereocenters. The van der Waals surface area contributed by atoms with Crippen LogP contribution in [0.4, 0.5) is 10.1 Å². The number of aromatic nitrogens is 3. The maximum atomic E-state index is 15.8. The van der Waals surface area contributed by atoms with Crippen molar-refractivity contribution in [3.05, 3.63) is 112 Å². The molecule has 2 aromatic heterocycles. The Kier molecular flexibility index (Phi) is 12.6. The number of pyridine rings is 1. The number of ether oxygens (including phenoxy) is 1. The molecule has 0 bridgehead atoms. The predicted octanol–water partition coefficient (Wildman–Crippen LogP) is 6.88. The lowest BCUT2D eigenvalue weighted by molar-refractivity contribution is 0.0729. The number of nitrogens with zero attached hydrogens (tertiary/aromatic N) is 6. The Hall–Kier alpha value is -5.17. The number of carbonyl (C=O) groups is 2. The molecule has 3 N–H and O–H groups in total. The predicted molar refractivity (Wildman–Crippen MR) is 222 cm³/mol. The van der Waals surface area contributed by atoms with Crippen molar-refractivity contribution in [1.82, 2.24) is 29.5 Å². The summed E-state index contributed by atoms with van der Waals surface area (Å²) in [6.07, 6.45) is 4.18. The second-order valence-corrected chi connectivity index (χ2v) is 15.5. The lowest BCUT2D eigenvalue weighted by atomic mass is 9.99. The van der Waals surface area contributed by atoms with E-state index in [1.54, 1.807) is 29.2 Å². The number of hydrogen-bond acceptors (Lipinski definition) is 8. The van der Waals surface area contributed by atoms with Crippen LogP contribution in [0.3, 0.4) is 0 Å². The minimum atomic E-state index is -0.613. The molecule has 300 valence electrons. The molecule has 5 aromatic rings. The molecule has 2 aliphatic rings. The molecule has 0 radical (unpaired) electrons. The Balaban J connectivity index is 1.24. The summed E-state index contributed by atoms with van der Waals surface area (Å²) in [7, 11) is 0. The number of carbonyl (C=O) groups excluding carboxylic acids is 2. The Morgan fingerprint density at radius 1 is 0.947 bits per heavy atom. The minimum Gasteiger partial charge on any atom is -0.381 e. The molecule has 0 aliphatic carbocycles. The number of fused-ring (bicyclic) bond motifs is 1. The van der Waals surface area contributed by atoms with E-state index in [9.17, 15) is 9.59 Å². The number of nitrogens with two attached hydrogens (primary N) is 1. The third kappa shape index (κ3) is 9.19. The van der Waals surface area contributed by atoms with Gasteiger partial charge in [-0.15, -0.1) is 0 Å². The Morgan fingerprint density at radius 3 is 2.42 bits per heavy atom. The third-order valence-corrected chi connectivity index (χ3v) is 11.4. The van der Waals surface area contributed by atoms with Gasteiger partial charge in [0.2, 0.25) is 5.91 Å². The fourth-order valence-electron chi connectivity index (χ4n) is 8.10. The number of nitrogens with one attached hydrogen (secondary N) is 1. The molecule has 2 amide bonds. The molecule has 12 heteroatoms. The fraction of sp³-hybridized carbons (Fsp3) is 0.422. The van der Waals surface area contributed by atoms with Gasteiger partial charge in [0.1, 0.15) is 5.82 Å². The zero-order valence-electron chi connectivity index (χ0n) is 33.6. The average Bonchev–Trinajstić information content (AvgIpc) is 3.65. The van der Waals surface area contributed by atoms with Crippen molar-refractivity contribution < 1.29 is 18.7 Å². The number of primary amides is 1. The lowest BCUT2D eigenvalue weighted by Crippen LogP contribution is -2.48. The Labute approximate surface area is 335 Å². The van der Waals surface area contributed by atoms with Crippen LogP contribution in [0.1, 0.15) is 83.6 Å². The highest BCUT2D eigenvalue weighted by atomic mass is 19.1. The largest absolute Gasteiger partial charge is 0.381 e. The zero-order chi connectivity index (χ0) is 40.1. The first-order valence-corrected chi connectivity index (χ1v) is 20.4. The first kappa shape index (κ1) is 40.0. The van der Waals surface area contributed by atoms with Crippen LogP contribution >= 0.6 is 0 Å². The van der Waals surface area contributed by atoms with Gasteiger partial charge in [-0.1, -0.05) is 37.3 Å². The van der Waals surface area contributed by atoms with Gasteiger partial charge in [-0.05, 0) is 93.1 Å². The molecule has 0 saturated carbocycles. The molecule has 11 nitrogen and oxygen atoms in total. The molecular weight excluding hydrogens is 720 g/mol. The summed E-state index contributed by atoms with van der Waals surface area (Å²) in [4.78, 5) is 38.7. The summed E-state index contributed by atoms with van der Waals surface area (Å²) in [5.74, 6) is -1.22. The van der Waals surface area contributed by atoms with Crippen LogP contribution in [-0.4, -0.2) is 92.8 Å². The van der Waals surface area contributed by atoms with Gasteiger partial charge in [0.25, 0.3) is 5.91 Å². The number of piperazine rings is 1. The molecular formula is C45H55FN8O3. The number of amides is 2. The van der Waals surface area contributed by atoms with Crippen molar-refractivity contribution in [2.45, 2.75) is 85.2 Å². The van der Waals surface area contributed by atoms with Crippen molar-refractivity contribution in [2.75, 3.05) is 44.7 Å². The van der Waals surface area contributed by atoms with Crippen LogP contribution in [0.25, 0.3) is 22.2 Å². The molecule has 7 rings (SSSR count). The maximum absolute atomic E-state index is 15.8. The maximum Gasteiger partial charge on any atom is 0.254 e. The van der Waals surface area contributed by atoms with Crippen molar-refractivity contribution >= 4 is 28.5 Å². The number of anilines is 1. The van der Waals surface area contributed by atoms with E-state index in [0.717, 1.165) is 90.2 Å². The van der Waals surface area contributed by atoms with Gasteiger partial charge in [0.05, 0.1) is 23.8 Å². The third-order valence-electron chi connectivity index (χ3n) is 11.4. The van der Waals surface area contributed by atoms with E-state index < -0.39 is 5.91 Å². The van der Waals surface area contributed by atoms with E-state index in [-0.39, 0.29) is 36.4 Å². The van der Waals surface area contributed by atoms with Gasteiger partial charge in [0.15, 0.2) is 5.65 Å². The highest BCUT2D eigenvalue weighted by molar-refractivity contribution is 5.99. The number of hydrogen-bond donors (Lipinski definition) is 2. The molecule has 4 heterocycles. The van der Waals surface area contributed by atoms with Crippen LogP contribution in [0.5, 0.6) is 0 Å². The lowest BCUT2D eigenvalue weighted by Gasteiger charge is -2.37. The summed E-state index contributed by atoms with van der Waals surface area (Å²) in [6.45, 7) is 15.8. The van der Waals surface area contributed by atoms with Gasteiger partial charge < -0.3 is 20.7 Å². The number of rotatable bonds is 14. The second-order valence-electron chi connectivity index (χ2n) is 15.5. The van der Waals surface area contributed by atoms with Gasteiger partial charge in [0, 0.05) is 99.1 Å². The summed E-state index contributed by atoms with van der Waals surface area (Å²) in [6, 6.07) is 20.4. The fourth-order valence-corrected chi connectivity index (χ4v) is 8.10. The van der Waals surface area contributed by atoms with Crippen LogP contribution in [0.15, 0.2) is 72.9 Å². The van der Waals surface area contributed by atoms with E-state index in [1.807, 2.05) is 36.0 Å². The highest BCUT2D eigenvalue weighted by Gasteiger charge is 2.26. The molecule has 3 aromatic carbocycles. The highest BCUT2D eigenvalue weighted by Crippen LogP contribution is 2.34. The first-order chi connectivity index (χ1) is 27.6. The molecule has 0 atom stereocenters. The zero-order valence-corrected chi connectivity index (χ0v) is 33.6. The molecule has 0 spiro atoms. The molecule has 57 heavy (non-hydrogen) atoms. The van der Waals surface area contributed by atoms with E-state index in [0.29, 0.717) is 43.3 Å². The monoisotopic (exact) mass is 774 g/mol. The standard InChI is InChI=1S/C45H55FN8O3/c1-5-41-39(42(49-36-15-21-57-22-16-36)38-26-48-54(6-2)44(38)50-41)29-53(45(56)35-12-8-11-34(25-35)43(47)55)28-32-13-14-40(46)37(24-32)33-10-7-9-31(23-33)27-51-17-19-52(20-18-51)30(3)4/h7-14,23-26,30,36H,5-6,15-22,27-29H2,1-4H3,(H2,47,55)(H,49,50). The molecule has 2 aliphatic heterocycles. The van der Waals surface area contributed by atoms with Gasteiger partial charge in [-0.2, -0.15) is 5.10 Å². The normalized spacial score (nSPS) is 15.7. The summed E-state index contributed by atoms with van der Waals surface area (Å²) in [5, 5.41) is 9.38. The SMILES string of the molecule is CCc1nc2c(cnn2CC)c(NC2CCOCC2)c1CN(Cc1ccc(F)c(-c2cccc(CN3CCN(C(C)C)CC3)c2)c1)C(=O)c1cccc(C(N)=O)c1. The van der Waals surface area contributed by atoms with Crippen LogP contribution in [0, 0.1) is 5.82 Å².